The van der Waals surface area contributed by atoms with Gasteiger partial charge in [-0.25, -0.2) is 9.18 Å². The Kier molecular flexibility index (Phi) is 6.59. The van der Waals surface area contributed by atoms with Crippen molar-refractivity contribution in [2.24, 2.45) is 0 Å². The van der Waals surface area contributed by atoms with Crippen LogP contribution >= 0.6 is 0 Å². The van der Waals surface area contributed by atoms with Crippen molar-refractivity contribution in [1.82, 2.24) is 5.32 Å². The van der Waals surface area contributed by atoms with Crippen LogP contribution in [0.25, 0.3) is 0 Å². The maximum atomic E-state index is 12.9. The van der Waals surface area contributed by atoms with Crippen LogP contribution in [0.1, 0.15) is 40.7 Å². The summed E-state index contributed by atoms with van der Waals surface area (Å²) in [6.07, 6.45) is 1.79. The number of ketones is 1. The zero-order valence-electron chi connectivity index (χ0n) is 15.8. The molecule has 0 radical (unpaired) electrons. The zero-order valence-corrected chi connectivity index (χ0v) is 15.8. The van der Waals surface area contributed by atoms with Crippen molar-refractivity contribution >= 4 is 17.7 Å². The molecule has 29 heavy (non-hydrogen) atoms. The highest BCUT2D eigenvalue weighted by Crippen LogP contribution is 2.23. The molecule has 2 aromatic carbocycles. The average molecular weight is 399 g/mol. The van der Waals surface area contributed by atoms with E-state index in [0.29, 0.717) is 5.56 Å². The van der Waals surface area contributed by atoms with Crippen LogP contribution in [0.4, 0.5) is 4.39 Å². The number of rotatable bonds is 9. The van der Waals surface area contributed by atoms with Crippen LogP contribution in [0.15, 0.2) is 42.5 Å². The van der Waals surface area contributed by atoms with Gasteiger partial charge in [-0.2, -0.15) is 0 Å². The number of carbonyl (C=O) groups is 3. The average Bonchev–Trinajstić information content (AvgIpc) is 3.18. The number of fused-ring (bicyclic) bond motifs is 1. The van der Waals surface area contributed by atoms with Crippen molar-refractivity contribution in [3.8, 4) is 5.75 Å². The highest BCUT2D eigenvalue weighted by molar-refractivity contribution is 5.98. The predicted molar refractivity (Wildman–Crippen MR) is 103 cm³/mol. The van der Waals surface area contributed by atoms with E-state index < -0.39 is 23.8 Å². The van der Waals surface area contributed by atoms with Crippen molar-refractivity contribution in [2.45, 2.75) is 38.2 Å². The van der Waals surface area contributed by atoms with Gasteiger partial charge in [0.1, 0.15) is 11.6 Å². The Morgan fingerprint density at radius 3 is 2.48 bits per heavy atom. The van der Waals surface area contributed by atoms with Gasteiger partial charge in [-0.15, -0.1) is 0 Å². The lowest BCUT2D eigenvalue weighted by Crippen LogP contribution is -2.40. The highest BCUT2D eigenvalue weighted by Gasteiger charge is 2.21. The maximum absolute atomic E-state index is 12.9. The van der Waals surface area contributed by atoms with Gasteiger partial charge < -0.3 is 15.2 Å². The molecule has 0 aromatic heterocycles. The molecule has 1 amide bonds. The summed E-state index contributed by atoms with van der Waals surface area (Å²) in [6.45, 7) is -0.265. The Morgan fingerprint density at radius 1 is 1.03 bits per heavy atom. The molecule has 2 aromatic rings. The van der Waals surface area contributed by atoms with Gasteiger partial charge in [-0.05, 0) is 60.7 Å². The summed E-state index contributed by atoms with van der Waals surface area (Å²) in [7, 11) is 0. The number of ether oxygens (including phenoxy) is 1. The van der Waals surface area contributed by atoms with Gasteiger partial charge in [0.25, 0.3) is 0 Å². The van der Waals surface area contributed by atoms with E-state index >= 15 is 0 Å². The Hall–Kier alpha value is -3.22. The van der Waals surface area contributed by atoms with Crippen LogP contribution in [0.3, 0.4) is 0 Å². The van der Waals surface area contributed by atoms with Crippen molar-refractivity contribution in [2.75, 3.05) is 6.54 Å². The van der Waals surface area contributed by atoms with Crippen LogP contribution < -0.4 is 10.1 Å². The van der Waals surface area contributed by atoms with E-state index in [1.54, 1.807) is 6.07 Å². The number of hydrogen-bond acceptors (Lipinski definition) is 4. The molecule has 1 aliphatic carbocycles. The molecule has 152 valence electrons. The van der Waals surface area contributed by atoms with Gasteiger partial charge in [0, 0.05) is 18.4 Å². The highest BCUT2D eigenvalue weighted by atomic mass is 19.1. The molecule has 0 bridgehead atoms. The predicted octanol–water partition coefficient (Wildman–Crippen LogP) is 2.93. The number of aliphatic carboxylic acids is 1. The minimum absolute atomic E-state index is 0.0428. The molecule has 0 fully saturated rings. The van der Waals surface area contributed by atoms with Gasteiger partial charge in [-0.1, -0.05) is 12.1 Å². The Balaban J connectivity index is 1.47. The monoisotopic (exact) mass is 399 g/mol. The minimum Gasteiger partial charge on any atom is -0.478 e. The zero-order chi connectivity index (χ0) is 20.8. The summed E-state index contributed by atoms with van der Waals surface area (Å²) >= 11 is 0. The minimum atomic E-state index is -1.32. The maximum Gasteiger partial charge on any atom is 0.346 e. The van der Waals surface area contributed by atoms with Gasteiger partial charge in [0.15, 0.2) is 5.78 Å². The van der Waals surface area contributed by atoms with E-state index in [0.717, 1.165) is 31.4 Å². The standard InChI is InChI=1S/C22H22FNO5/c23-17-6-8-18(9-7-17)29-20(22(27)28)13-24-21(26)11-10-19(25)16-5-4-14-2-1-3-15(14)12-16/h4-9,12,20H,1-3,10-11,13H2,(H,24,26)(H,27,28). The van der Waals surface area contributed by atoms with Crippen LogP contribution in [0.2, 0.25) is 0 Å². The fourth-order valence-corrected chi connectivity index (χ4v) is 3.27. The second kappa shape index (κ2) is 9.32. The molecule has 2 N–H and O–H groups in total. The molecule has 3 rings (SSSR count). The number of carboxylic acids is 1. The molecular weight excluding hydrogens is 377 g/mol. The summed E-state index contributed by atoms with van der Waals surface area (Å²) in [5, 5.41) is 11.7. The molecule has 1 atom stereocenters. The van der Waals surface area contributed by atoms with E-state index in [1.165, 1.54) is 23.3 Å². The van der Waals surface area contributed by atoms with Crippen LogP contribution in [0, 0.1) is 5.82 Å². The lowest BCUT2D eigenvalue weighted by Gasteiger charge is -2.15. The first kappa shape index (κ1) is 20.5. The fourth-order valence-electron chi connectivity index (χ4n) is 3.27. The first-order chi connectivity index (χ1) is 13.9. The van der Waals surface area contributed by atoms with E-state index in [2.05, 4.69) is 5.32 Å². The number of Topliss-reactive ketones (excluding diaryl/α,β-unsaturated/α-hetero) is 1. The quantitative estimate of drug-likeness (QED) is 0.633. The van der Waals surface area contributed by atoms with E-state index in [1.807, 2.05) is 12.1 Å². The fraction of sp³-hybridized carbons (Fsp3) is 0.318. The number of benzene rings is 2. The van der Waals surface area contributed by atoms with E-state index in [4.69, 9.17) is 4.74 Å². The third-order valence-electron chi connectivity index (χ3n) is 4.85. The Bertz CT molecular complexity index is 910. The largest absolute Gasteiger partial charge is 0.478 e. The summed E-state index contributed by atoms with van der Waals surface area (Å²) in [4.78, 5) is 35.7. The number of halogens is 1. The smallest absolute Gasteiger partial charge is 0.346 e. The summed E-state index contributed by atoms with van der Waals surface area (Å²) < 4.78 is 18.2. The molecule has 1 unspecified atom stereocenters. The van der Waals surface area contributed by atoms with Crippen molar-refractivity contribution in [1.29, 1.82) is 0 Å². The van der Waals surface area contributed by atoms with Crippen LogP contribution in [-0.2, 0) is 22.4 Å². The second-order valence-corrected chi connectivity index (χ2v) is 6.96. The summed E-state index contributed by atoms with van der Waals surface area (Å²) in [5.74, 6) is -2.10. The third kappa shape index (κ3) is 5.63. The number of aryl methyl sites for hydroxylation is 2. The topological polar surface area (TPSA) is 92.7 Å². The van der Waals surface area contributed by atoms with Gasteiger partial charge in [0.2, 0.25) is 12.0 Å². The number of carbonyl (C=O) groups excluding carboxylic acids is 2. The number of amides is 1. The SMILES string of the molecule is O=C(CCC(=O)c1ccc2c(c1)CCC2)NCC(Oc1ccc(F)cc1)C(=O)O. The van der Waals surface area contributed by atoms with Gasteiger partial charge in [0.05, 0.1) is 6.54 Å². The normalized spacial score (nSPS) is 13.4. The lowest BCUT2D eigenvalue weighted by atomic mass is 10.0. The molecule has 0 spiro atoms. The first-order valence-electron chi connectivity index (χ1n) is 9.49. The van der Waals surface area contributed by atoms with Crippen molar-refractivity contribution in [3.05, 3.63) is 65.0 Å². The van der Waals surface area contributed by atoms with E-state index in [-0.39, 0.29) is 30.9 Å². The number of carboxylic acid groups (broad SMARTS) is 1. The van der Waals surface area contributed by atoms with Crippen molar-refractivity contribution < 1.29 is 28.6 Å². The summed E-state index contributed by atoms with van der Waals surface area (Å²) in [5.41, 5.74) is 3.07. The van der Waals surface area contributed by atoms with Crippen molar-refractivity contribution in [3.63, 3.8) is 0 Å². The number of nitrogens with one attached hydrogen (secondary N) is 1. The Labute approximate surface area is 167 Å². The van der Waals surface area contributed by atoms with E-state index in [9.17, 15) is 23.9 Å². The molecule has 0 heterocycles. The summed E-state index contributed by atoms with van der Waals surface area (Å²) in [6, 6.07) is 10.6. The third-order valence-corrected chi connectivity index (χ3v) is 4.85. The molecule has 6 nitrogen and oxygen atoms in total. The molecule has 1 aliphatic rings. The molecular formula is C22H22FNO5. The molecule has 7 heteroatoms. The van der Waals surface area contributed by atoms with Gasteiger partial charge in [-0.3, -0.25) is 9.59 Å². The van der Waals surface area contributed by atoms with Crippen LogP contribution in [0.5, 0.6) is 5.75 Å². The van der Waals surface area contributed by atoms with Gasteiger partial charge >= 0.3 is 5.97 Å². The Morgan fingerprint density at radius 2 is 1.76 bits per heavy atom. The molecule has 0 aliphatic heterocycles. The second-order valence-electron chi connectivity index (χ2n) is 6.96. The number of hydrogen-bond donors (Lipinski definition) is 2. The van der Waals surface area contributed by atoms with Crippen LogP contribution in [-0.4, -0.2) is 35.4 Å². The molecule has 0 saturated carbocycles. The molecule has 0 saturated heterocycles. The first-order valence-corrected chi connectivity index (χ1v) is 9.49. The lowest BCUT2D eigenvalue weighted by molar-refractivity contribution is -0.145.